The summed E-state index contributed by atoms with van der Waals surface area (Å²) in [5, 5.41) is 32.7. The Morgan fingerprint density at radius 2 is 0.689 bits per heavy atom. The van der Waals surface area contributed by atoms with Crippen molar-refractivity contribution in [2.24, 2.45) is 0 Å². The molecule has 10 bridgehead atoms. The van der Waals surface area contributed by atoms with Crippen molar-refractivity contribution >= 4 is 45.5 Å². The Bertz CT molecular complexity index is 3000. The highest BCUT2D eigenvalue weighted by molar-refractivity contribution is 5.68. The molecule has 5 aromatic carbocycles. The maximum absolute atomic E-state index is 11.1. The van der Waals surface area contributed by atoms with E-state index < -0.39 is 9.85 Å². The van der Waals surface area contributed by atoms with Crippen LogP contribution >= 0.6 is 0 Å². The van der Waals surface area contributed by atoms with Crippen LogP contribution in [0.3, 0.4) is 0 Å². The number of non-ortho nitro benzene ring substituents is 2. The van der Waals surface area contributed by atoms with Crippen LogP contribution in [0.25, 0.3) is 0 Å². The van der Waals surface area contributed by atoms with Crippen LogP contribution in [-0.2, 0) is 0 Å². The van der Waals surface area contributed by atoms with E-state index in [0.717, 1.165) is 107 Å². The number of nitrogens with zero attached hydrogens (tertiary/aromatic N) is 3. The Morgan fingerprint density at radius 3 is 1.18 bits per heavy atom. The molecule has 0 saturated heterocycles. The summed E-state index contributed by atoms with van der Waals surface area (Å²) in [4.78, 5) is 31.3. The lowest BCUT2D eigenvalue weighted by Gasteiger charge is -2.18. The van der Waals surface area contributed by atoms with E-state index in [-0.39, 0.29) is 33.8 Å². The van der Waals surface area contributed by atoms with Crippen LogP contribution < -0.4 is 28.7 Å². The van der Waals surface area contributed by atoms with Gasteiger partial charge in [0, 0.05) is 40.8 Å². The second-order valence-corrected chi connectivity index (χ2v) is 23.5. The van der Waals surface area contributed by atoms with Crippen molar-refractivity contribution in [3.05, 3.63) is 159 Å². The van der Waals surface area contributed by atoms with Gasteiger partial charge in [-0.05, 0) is 242 Å². The van der Waals surface area contributed by atoms with Crippen molar-refractivity contribution in [2.75, 3.05) is 28.7 Å². The molecule has 15 rings (SSSR count). The van der Waals surface area contributed by atoms with Gasteiger partial charge in [0.05, 0.1) is 32.2 Å². The minimum absolute atomic E-state index is 0.0615. The number of anilines is 5. The minimum Gasteiger partial charge on any atom is -0.399 e. The van der Waals surface area contributed by atoms with Crippen molar-refractivity contribution < 1.29 is 14.8 Å². The van der Waals surface area contributed by atoms with Crippen molar-refractivity contribution in [3.8, 4) is 0 Å². The molecule has 14 heteroatoms. The van der Waals surface area contributed by atoms with Crippen LogP contribution in [0.1, 0.15) is 243 Å². The normalized spacial score (nSPS) is 27.8. The number of nitro groups is 3. The summed E-state index contributed by atoms with van der Waals surface area (Å²) in [6.45, 7) is 0. The Morgan fingerprint density at radius 1 is 0.324 bits per heavy atom. The quantitative estimate of drug-likeness (QED) is 0.0645. The molecule has 10 unspecified atom stereocenters. The molecule has 5 fully saturated rings. The highest BCUT2D eigenvalue weighted by Gasteiger charge is 2.42. The van der Waals surface area contributed by atoms with Gasteiger partial charge in [-0.3, -0.25) is 30.3 Å². The van der Waals surface area contributed by atoms with E-state index in [4.69, 9.17) is 28.7 Å². The monoisotopic (exact) mass is 1000 g/mol. The Hall–Kier alpha value is -6.70. The third-order valence-corrected chi connectivity index (χ3v) is 19.2. The summed E-state index contributed by atoms with van der Waals surface area (Å²) in [6, 6.07) is 22.9. The number of fused-ring (bicyclic) bond motifs is 25. The summed E-state index contributed by atoms with van der Waals surface area (Å²) in [7, 11) is 0. The SMILES string of the molecule is Nc1cc(N)c2c(c1)C1CCCC2C1.Nc1cc2c(cc1N)C1CCCC2C1.Nc1ccc2c(c1)C1CCCC2C1.O=[N+]([O-])c1cc2c(c([N+](=O)[O-])c1)C1CCCC2C1.O=[N+]([O-])c1ccc2c(c1)C1CCCC2C1. The fourth-order valence-electron chi connectivity index (χ4n) is 16.0. The third-order valence-electron chi connectivity index (χ3n) is 19.2. The third kappa shape index (κ3) is 9.42. The van der Waals surface area contributed by atoms with Gasteiger partial charge in [0.15, 0.2) is 0 Å². The first kappa shape index (κ1) is 49.5. The predicted molar refractivity (Wildman–Crippen MR) is 294 cm³/mol. The van der Waals surface area contributed by atoms with Crippen molar-refractivity contribution in [1.82, 2.24) is 0 Å². The molecule has 14 nitrogen and oxygen atoms in total. The molecule has 0 spiro atoms. The molecule has 10 atom stereocenters. The number of nitrogen functional groups attached to an aromatic ring is 5. The maximum atomic E-state index is 11.1. The highest BCUT2D eigenvalue weighted by Crippen LogP contribution is 2.57. The summed E-state index contributed by atoms with van der Waals surface area (Å²) < 4.78 is 0. The van der Waals surface area contributed by atoms with Crippen LogP contribution in [0.2, 0.25) is 0 Å². The summed E-state index contributed by atoms with van der Waals surface area (Å²) in [5.41, 5.74) is 46.9. The molecule has 10 N–H and O–H groups in total. The Balaban J connectivity index is 0.0000000997. The van der Waals surface area contributed by atoms with Crippen LogP contribution in [-0.4, -0.2) is 14.8 Å². The molecule has 0 amide bonds. The van der Waals surface area contributed by atoms with Crippen LogP contribution in [0.15, 0.2) is 72.8 Å². The second-order valence-electron chi connectivity index (χ2n) is 23.5. The van der Waals surface area contributed by atoms with E-state index >= 15 is 0 Å². The number of nitrogens with two attached hydrogens (primary N) is 5. The number of benzene rings is 5. The van der Waals surface area contributed by atoms with E-state index in [1.807, 2.05) is 12.1 Å². The highest BCUT2D eigenvalue weighted by atomic mass is 16.6. The molecule has 10 aliphatic rings. The van der Waals surface area contributed by atoms with Gasteiger partial charge in [0.2, 0.25) is 0 Å². The topological polar surface area (TPSA) is 260 Å². The van der Waals surface area contributed by atoms with Gasteiger partial charge < -0.3 is 28.7 Å². The van der Waals surface area contributed by atoms with Crippen LogP contribution in [0.4, 0.5) is 45.5 Å². The van der Waals surface area contributed by atoms with Crippen LogP contribution in [0.5, 0.6) is 0 Å². The lowest BCUT2D eigenvalue weighted by atomic mass is 9.87. The molecule has 5 saturated carbocycles. The van der Waals surface area contributed by atoms with E-state index in [9.17, 15) is 30.3 Å². The number of hydrogen-bond donors (Lipinski definition) is 5. The zero-order chi connectivity index (χ0) is 51.5. The first-order valence-corrected chi connectivity index (χ1v) is 27.7. The van der Waals surface area contributed by atoms with Gasteiger partial charge in [-0.2, -0.15) is 0 Å². The second kappa shape index (κ2) is 20.2. The van der Waals surface area contributed by atoms with Crippen molar-refractivity contribution in [3.63, 3.8) is 0 Å². The van der Waals surface area contributed by atoms with Gasteiger partial charge in [-0.25, -0.2) is 0 Å². The zero-order valence-corrected chi connectivity index (χ0v) is 42.5. The average Bonchev–Trinajstić information content (AvgIpc) is 4.07. The molecular weight excluding hydrogens is 929 g/mol. The number of rotatable bonds is 3. The first-order chi connectivity index (χ1) is 35.7. The molecule has 0 radical (unpaired) electrons. The van der Waals surface area contributed by atoms with Gasteiger partial charge in [0.1, 0.15) is 0 Å². The molecule has 388 valence electrons. The molecule has 0 aliphatic heterocycles. The average molecular weight is 1000 g/mol. The zero-order valence-electron chi connectivity index (χ0n) is 42.5. The molecule has 74 heavy (non-hydrogen) atoms. The van der Waals surface area contributed by atoms with Crippen molar-refractivity contribution in [1.29, 1.82) is 0 Å². The molecular formula is C60H72N8O6. The fraction of sp³-hybridized carbons (Fsp3) is 0.500. The molecule has 5 aromatic rings. The smallest absolute Gasteiger partial charge is 0.280 e. The van der Waals surface area contributed by atoms with Crippen molar-refractivity contribution in [2.45, 2.75) is 188 Å². The number of nitro benzene ring substituents is 3. The predicted octanol–water partition coefficient (Wildman–Crippen LogP) is 14.8. The maximum Gasteiger partial charge on any atom is 0.280 e. The standard InChI is InChI=1S/C12H12N2O4.2C12H16N2.C12H13NO2.C12H15N/c15-13(16)9-5-10-7-2-1-3-8(4-7)12(10)11(6-9)14(17)18;13-11-5-9-7-2-1-3-8(4-7)10(9)6-12(11)14;13-9-5-10-7-2-1-3-8(4-7)12(10)11(14)6-9;14-13(15)10-4-5-11-8-2-1-3-9(6-8)12(11)7-10;13-10-4-5-11-8-2-1-3-9(6-8)12(11)7-10/h5-8H,1-4H2;2*5-8H,1-4,13-14H2;4-5,7-9H,1-3,6H2;4-5,7-9H,1-3,6,13H2. The van der Waals surface area contributed by atoms with Gasteiger partial charge in [0.25, 0.3) is 17.1 Å². The van der Waals surface area contributed by atoms with E-state index in [1.54, 1.807) is 23.3 Å². The largest absolute Gasteiger partial charge is 0.399 e. The first-order valence-electron chi connectivity index (χ1n) is 27.7. The molecule has 0 aromatic heterocycles. The molecule has 0 heterocycles. The Kier molecular flexibility index (Phi) is 13.5. The number of hydrogen-bond acceptors (Lipinski definition) is 11. The minimum atomic E-state index is -0.546. The van der Waals surface area contributed by atoms with Crippen LogP contribution in [0, 0.1) is 30.3 Å². The summed E-state index contributed by atoms with van der Waals surface area (Å²) in [5.74, 6) is 6.47. The molecule has 10 aliphatic carbocycles. The summed E-state index contributed by atoms with van der Waals surface area (Å²) in [6.07, 6.45) is 25.1. The lowest BCUT2D eigenvalue weighted by molar-refractivity contribution is -0.394. The van der Waals surface area contributed by atoms with E-state index in [0.29, 0.717) is 11.8 Å². The Labute approximate surface area is 433 Å². The van der Waals surface area contributed by atoms with Gasteiger partial charge in [-0.15, -0.1) is 0 Å². The fourth-order valence-corrected chi connectivity index (χ4v) is 16.0. The van der Waals surface area contributed by atoms with E-state index in [2.05, 4.69) is 36.4 Å². The summed E-state index contributed by atoms with van der Waals surface area (Å²) >= 11 is 0. The van der Waals surface area contributed by atoms with Gasteiger partial charge in [-0.1, -0.05) is 44.2 Å². The van der Waals surface area contributed by atoms with Gasteiger partial charge >= 0.3 is 0 Å². The lowest BCUT2D eigenvalue weighted by Crippen LogP contribution is -2.02. The van der Waals surface area contributed by atoms with E-state index in [1.165, 1.54) is 142 Å².